The molecule has 1 N–H and O–H groups in total. The molecule has 0 bridgehead atoms. The summed E-state index contributed by atoms with van der Waals surface area (Å²) in [5.41, 5.74) is 0.724. The van der Waals surface area contributed by atoms with Gasteiger partial charge >= 0.3 is 0 Å². The Labute approximate surface area is 102 Å². The van der Waals surface area contributed by atoms with E-state index in [0.29, 0.717) is 24.6 Å². The molecule has 0 unspecified atom stereocenters. The van der Waals surface area contributed by atoms with Gasteiger partial charge in [-0.25, -0.2) is 8.78 Å². The average molecular weight is 254 g/mol. The lowest BCUT2D eigenvalue weighted by Gasteiger charge is -2.07. The number of hydrogen-bond donors (Lipinski definition) is 1. The molecule has 96 valence electrons. The molecule has 3 rings (SSSR count). The van der Waals surface area contributed by atoms with Gasteiger partial charge in [-0.2, -0.15) is 10.1 Å². The first-order valence-electron chi connectivity index (χ1n) is 5.82. The molecule has 0 aliphatic heterocycles. The largest absolute Gasteiger partial charge is 0.339 e. The molecule has 0 spiro atoms. The van der Waals surface area contributed by atoms with Gasteiger partial charge in [0.1, 0.15) is 0 Å². The van der Waals surface area contributed by atoms with Crippen molar-refractivity contribution in [1.82, 2.24) is 20.3 Å². The zero-order valence-electron chi connectivity index (χ0n) is 9.57. The summed E-state index contributed by atoms with van der Waals surface area (Å²) in [5.74, 6) is -1.76. The van der Waals surface area contributed by atoms with E-state index in [1.807, 2.05) is 0 Å². The summed E-state index contributed by atoms with van der Waals surface area (Å²) >= 11 is 0. The third-order valence-corrected chi connectivity index (χ3v) is 3.19. The Hall–Kier alpha value is -1.79. The molecule has 0 radical (unpaired) electrons. The first-order chi connectivity index (χ1) is 8.62. The first-order valence-corrected chi connectivity index (χ1v) is 5.82. The molecule has 5 nitrogen and oxygen atoms in total. The number of aromatic amines is 1. The van der Waals surface area contributed by atoms with E-state index < -0.39 is 5.92 Å². The highest BCUT2D eigenvalue weighted by molar-refractivity contribution is 5.50. The molecule has 18 heavy (non-hydrogen) atoms. The maximum absolute atomic E-state index is 13.0. The predicted molar refractivity (Wildman–Crippen MR) is 57.9 cm³/mol. The molecule has 7 heteroatoms. The zero-order chi connectivity index (χ0) is 12.6. The van der Waals surface area contributed by atoms with Gasteiger partial charge in [-0.15, -0.1) is 0 Å². The lowest BCUT2D eigenvalue weighted by Crippen LogP contribution is -2.10. The average Bonchev–Trinajstić information content (AvgIpc) is 2.99. The Kier molecular flexibility index (Phi) is 2.61. The topological polar surface area (TPSA) is 67.6 Å². The van der Waals surface area contributed by atoms with Crippen LogP contribution in [0.2, 0.25) is 0 Å². The van der Waals surface area contributed by atoms with Crippen molar-refractivity contribution in [1.29, 1.82) is 0 Å². The molecule has 1 atom stereocenters. The van der Waals surface area contributed by atoms with Crippen LogP contribution in [-0.2, 0) is 6.42 Å². The van der Waals surface area contributed by atoms with Crippen molar-refractivity contribution in [3.8, 4) is 11.4 Å². The van der Waals surface area contributed by atoms with Crippen LogP contribution in [0.5, 0.6) is 0 Å². The highest BCUT2D eigenvalue weighted by atomic mass is 19.3. The summed E-state index contributed by atoms with van der Waals surface area (Å²) in [6.07, 6.45) is 4.03. The highest BCUT2D eigenvalue weighted by Gasteiger charge is 2.39. The fourth-order valence-corrected chi connectivity index (χ4v) is 2.29. The Morgan fingerprint density at radius 2 is 2.39 bits per heavy atom. The van der Waals surface area contributed by atoms with E-state index in [-0.39, 0.29) is 18.8 Å². The van der Waals surface area contributed by atoms with Gasteiger partial charge in [0, 0.05) is 25.5 Å². The molecule has 0 saturated heterocycles. The van der Waals surface area contributed by atoms with Crippen LogP contribution in [0.15, 0.2) is 16.9 Å². The molecule has 1 saturated carbocycles. The fraction of sp³-hybridized carbons (Fsp3) is 0.545. The van der Waals surface area contributed by atoms with E-state index in [1.165, 1.54) is 0 Å². The summed E-state index contributed by atoms with van der Waals surface area (Å²) in [5, 5.41) is 10.2. The standard InChI is InChI=1S/C11H12F2N4O/c12-11(13)2-1-7(4-11)3-9-16-10(17-18-9)8-5-14-15-6-8/h5-7H,1-4H2,(H,14,15)/t7-/m1/s1. The van der Waals surface area contributed by atoms with Crippen LogP contribution in [0.25, 0.3) is 11.4 Å². The number of H-pyrrole nitrogens is 1. The van der Waals surface area contributed by atoms with Gasteiger partial charge in [-0.05, 0) is 12.3 Å². The normalized spacial score (nSPS) is 22.4. The van der Waals surface area contributed by atoms with Crippen LogP contribution in [0, 0.1) is 5.92 Å². The van der Waals surface area contributed by atoms with Gasteiger partial charge < -0.3 is 4.52 Å². The SMILES string of the molecule is FC1(F)CC[C@H](Cc2nc(-c3cn[nH]c3)no2)C1. The van der Waals surface area contributed by atoms with Crippen molar-refractivity contribution < 1.29 is 13.3 Å². The molecular weight excluding hydrogens is 242 g/mol. The van der Waals surface area contributed by atoms with Crippen LogP contribution in [0.1, 0.15) is 25.2 Å². The van der Waals surface area contributed by atoms with Crippen molar-refractivity contribution in [3.05, 3.63) is 18.3 Å². The lowest BCUT2D eigenvalue weighted by atomic mass is 10.0. The Morgan fingerprint density at radius 3 is 3.06 bits per heavy atom. The summed E-state index contributed by atoms with van der Waals surface area (Å²) in [4.78, 5) is 4.18. The fourth-order valence-electron chi connectivity index (χ4n) is 2.29. The maximum Gasteiger partial charge on any atom is 0.248 e. The van der Waals surface area contributed by atoms with Crippen LogP contribution in [0.3, 0.4) is 0 Å². The molecule has 2 aromatic heterocycles. The van der Waals surface area contributed by atoms with Crippen molar-refractivity contribution in [2.75, 3.05) is 0 Å². The number of nitrogens with one attached hydrogen (secondary N) is 1. The molecule has 0 aromatic carbocycles. The van der Waals surface area contributed by atoms with Gasteiger partial charge in [0.15, 0.2) is 0 Å². The van der Waals surface area contributed by atoms with E-state index in [2.05, 4.69) is 20.3 Å². The van der Waals surface area contributed by atoms with Crippen molar-refractivity contribution >= 4 is 0 Å². The minimum absolute atomic E-state index is 0.0413. The molecule has 2 aromatic rings. The number of nitrogens with zero attached hydrogens (tertiary/aromatic N) is 3. The number of alkyl halides is 2. The zero-order valence-corrected chi connectivity index (χ0v) is 9.57. The summed E-state index contributed by atoms with van der Waals surface area (Å²) in [6, 6.07) is 0. The quantitative estimate of drug-likeness (QED) is 0.913. The second-order valence-corrected chi connectivity index (χ2v) is 4.67. The van der Waals surface area contributed by atoms with E-state index in [0.717, 1.165) is 5.56 Å². The lowest BCUT2D eigenvalue weighted by molar-refractivity contribution is 0.00483. The molecule has 0 amide bonds. The molecule has 1 aliphatic rings. The molecule has 1 aliphatic carbocycles. The van der Waals surface area contributed by atoms with E-state index in [9.17, 15) is 8.78 Å². The van der Waals surface area contributed by atoms with E-state index >= 15 is 0 Å². The minimum Gasteiger partial charge on any atom is -0.339 e. The smallest absolute Gasteiger partial charge is 0.248 e. The van der Waals surface area contributed by atoms with Crippen LogP contribution < -0.4 is 0 Å². The number of aromatic nitrogens is 4. The van der Waals surface area contributed by atoms with E-state index in [4.69, 9.17) is 4.52 Å². The number of halogens is 2. The highest BCUT2D eigenvalue weighted by Crippen LogP contribution is 2.40. The monoisotopic (exact) mass is 254 g/mol. The molecular formula is C11H12F2N4O. The summed E-state index contributed by atoms with van der Waals surface area (Å²) in [7, 11) is 0. The van der Waals surface area contributed by atoms with Crippen molar-refractivity contribution in [2.24, 2.45) is 5.92 Å². The second kappa shape index (κ2) is 4.15. The predicted octanol–water partition coefficient (Wildman–Crippen LogP) is 2.44. The van der Waals surface area contributed by atoms with Crippen LogP contribution in [-0.4, -0.2) is 26.3 Å². The molecule has 2 heterocycles. The number of rotatable bonds is 3. The van der Waals surface area contributed by atoms with Gasteiger partial charge in [0.2, 0.25) is 17.6 Å². The van der Waals surface area contributed by atoms with Crippen LogP contribution >= 0.6 is 0 Å². The minimum atomic E-state index is -2.53. The second-order valence-electron chi connectivity index (χ2n) is 4.67. The summed E-state index contributed by atoms with van der Waals surface area (Å²) in [6.45, 7) is 0. The Bertz CT molecular complexity index is 523. The Balaban J connectivity index is 1.68. The van der Waals surface area contributed by atoms with Gasteiger partial charge in [0.05, 0.1) is 11.8 Å². The first kappa shape index (κ1) is 11.3. The third-order valence-electron chi connectivity index (χ3n) is 3.19. The van der Waals surface area contributed by atoms with Gasteiger partial charge in [-0.3, -0.25) is 5.10 Å². The van der Waals surface area contributed by atoms with Gasteiger partial charge in [-0.1, -0.05) is 5.16 Å². The van der Waals surface area contributed by atoms with Crippen LogP contribution in [0.4, 0.5) is 8.78 Å². The van der Waals surface area contributed by atoms with Crippen molar-refractivity contribution in [2.45, 2.75) is 31.6 Å². The maximum atomic E-state index is 13.0. The number of hydrogen-bond acceptors (Lipinski definition) is 4. The van der Waals surface area contributed by atoms with Gasteiger partial charge in [0.25, 0.3) is 0 Å². The van der Waals surface area contributed by atoms with Crippen molar-refractivity contribution in [3.63, 3.8) is 0 Å². The molecule has 1 fully saturated rings. The Morgan fingerprint density at radius 1 is 1.50 bits per heavy atom. The summed E-state index contributed by atoms with van der Waals surface area (Å²) < 4.78 is 31.2. The third kappa shape index (κ3) is 2.25. The van der Waals surface area contributed by atoms with E-state index in [1.54, 1.807) is 12.4 Å².